The molecule has 3 aromatic rings. The fraction of sp³-hybridized carbons (Fsp3) is 0.286. The number of ether oxygens (including phenoxy) is 1. The second kappa shape index (κ2) is 8.50. The second-order valence-electron chi connectivity index (χ2n) is 6.74. The largest absolute Gasteiger partial charge is 0.383 e. The Hall–Kier alpha value is -2.77. The summed E-state index contributed by atoms with van der Waals surface area (Å²) in [7, 11) is 1.72. The van der Waals surface area contributed by atoms with Gasteiger partial charge >= 0.3 is 0 Å². The molecule has 7 heteroatoms. The monoisotopic (exact) mass is 393 g/mol. The SMILES string of the molecule is COCCn1cccc1C1C(c2ccccn2)NC(=S)N1Cc1cccnc1. The quantitative estimate of drug-likeness (QED) is 0.623. The van der Waals surface area contributed by atoms with Gasteiger partial charge in [-0.25, -0.2) is 0 Å². The zero-order chi connectivity index (χ0) is 19.3. The van der Waals surface area contributed by atoms with Crippen molar-refractivity contribution in [1.29, 1.82) is 0 Å². The van der Waals surface area contributed by atoms with Gasteiger partial charge in [0, 0.05) is 50.7 Å². The number of hydrogen-bond donors (Lipinski definition) is 1. The molecule has 0 aromatic carbocycles. The lowest BCUT2D eigenvalue weighted by Crippen LogP contribution is -2.30. The van der Waals surface area contributed by atoms with Crippen molar-refractivity contribution in [2.75, 3.05) is 13.7 Å². The van der Waals surface area contributed by atoms with E-state index < -0.39 is 0 Å². The highest BCUT2D eigenvalue weighted by molar-refractivity contribution is 7.80. The summed E-state index contributed by atoms with van der Waals surface area (Å²) < 4.78 is 7.52. The molecule has 1 fully saturated rings. The van der Waals surface area contributed by atoms with Crippen molar-refractivity contribution in [3.05, 3.63) is 84.2 Å². The number of pyridine rings is 2. The highest BCUT2D eigenvalue weighted by Crippen LogP contribution is 2.39. The van der Waals surface area contributed by atoms with Gasteiger partial charge < -0.3 is 19.5 Å². The zero-order valence-electron chi connectivity index (χ0n) is 15.7. The molecule has 0 saturated carbocycles. The summed E-state index contributed by atoms with van der Waals surface area (Å²) in [6, 6.07) is 14.2. The first kappa shape index (κ1) is 18.6. The van der Waals surface area contributed by atoms with E-state index in [4.69, 9.17) is 17.0 Å². The van der Waals surface area contributed by atoms with Crippen LogP contribution in [0.5, 0.6) is 0 Å². The van der Waals surface area contributed by atoms with Gasteiger partial charge in [0.2, 0.25) is 0 Å². The van der Waals surface area contributed by atoms with E-state index in [1.54, 1.807) is 13.3 Å². The number of aromatic nitrogens is 3. The van der Waals surface area contributed by atoms with Crippen LogP contribution in [-0.4, -0.2) is 38.3 Å². The minimum absolute atomic E-state index is 0.0227. The van der Waals surface area contributed by atoms with Crippen LogP contribution in [0.3, 0.4) is 0 Å². The summed E-state index contributed by atoms with van der Waals surface area (Å²) in [6.07, 6.45) is 7.59. The van der Waals surface area contributed by atoms with Crippen molar-refractivity contribution in [1.82, 2.24) is 24.8 Å². The molecule has 1 aliphatic rings. The standard InChI is InChI=1S/C21H23N5OS/c1-27-13-12-25-11-5-8-18(25)20-19(17-7-2-3-10-23-17)24-21(28)26(20)15-16-6-4-9-22-14-16/h2-11,14,19-20H,12-13,15H2,1H3,(H,24,28). The summed E-state index contributed by atoms with van der Waals surface area (Å²) in [6.45, 7) is 2.13. The fourth-order valence-corrected chi connectivity index (χ4v) is 3.98. The highest BCUT2D eigenvalue weighted by Gasteiger charge is 2.41. The van der Waals surface area contributed by atoms with Crippen LogP contribution in [0.2, 0.25) is 0 Å². The smallest absolute Gasteiger partial charge is 0.170 e. The van der Waals surface area contributed by atoms with E-state index >= 15 is 0 Å². The average Bonchev–Trinajstić information content (AvgIpc) is 3.32. The molecule has 1 aliphatic heterocycles. The van der Waals surface area contributed by atoms with Crippen molar-refractivity contribution in [3.8, 4) is 0 Å². The molecule has 0 radical (unpaired) electrons. The number of nitrogens with one attached hydrogen (secondary N) is 1. The van der Waals surface area contributed by atoms with Gasteiger partial charge in [-0.2, -0.15) is 0 Å². The lowest BCUT2D eigenvalue weighted by atomic mass is 10.0. The Morgan fingerprint density at radius 2 is 2.07 bits per heavy atom. The van der Waals surface area contributed by atoms with Crippen LogP contribution >= 0.6 is 12.2 Å². The Morgan fingerprint density at radius 3 is 2.82 bits per heavy atom. The molecular weight excluding hydrogens is 370 g/mol. The molecule has 28 heavy (non-hydrogen) atoms. The van der Waals surface area contributed by atoms with E-state index in [0.29, 0.717) is 13.2 Å². The maximum Gasteiger partial charge on any atom is 0.170 e. The molecule has 3 aromatic heterocycles. The Labute approximate surface area is 170 Å². The van der Waals surface area contributed by atoms with Gasteiger partial charge in [-0.05, 0) is 48.1 Å². The molecule has 2 unspecified atom stereocenters. The molecule has 0 bridgehead atoms. The van der Waals surface area contributed by atoms with Gasteiger partial charge in [-0.1, -0.05) is 12.1 Å². The van der Waals surface area contributed by atoms with Crippen LogP contribution in [-0.2, 0) is 17.8 Å². The van der Waals surface area contributed by atoms with Crippen LogP contribution in [0, 0.1) is 0 Å². The number of methoxy groups -OCH3 is 1. The molecule has 0 aliphatic carbocycles. The minimum atomic E-state index is -0.0263. The third-order valence-corrected chi connectivity index (χ3v) is 5.33. The molecule has 6 nitrogen and oxygen atoms in total. The summed E-state index contributed by atoms with van der Waals surface area (Å²) in [5.74, 6) is 0. The van der Waals surface area contributed by atoms with Crippen LogP contribution < -0.4 is 5.32 Å². The maximum atomic E-state index is 5.73. The van der Waals surface area contributed by atoms with E-state index in [2.05, 4.69) is 49.1 Å². The lowest BCUT2D eigenvalue weighted by molar-refractivity contribution is 0.183. The summed E-state index contributed by atoms with van der Waals surface area (Å²) in [5.41, 5.74) is 3.28. The first-order valence-electron chi connectivity index (χ1n) is 9.29. The Morgan fingerprint density at radius 1 is 1.14 bits per heavy atom. The predicted octanol–water partition coefficient (Wildman–Crippen LogP) is 3.10. The molecule has 4 heterocycles. The minimum Gasteiger partial charge on any atom is -0.383 e. The Kier molecular flexibility index (Phi) is 5.64. The van der Waals surface area contributed by atoms with E-state index in [-0.39, 0.29) is 12.1 Å². The lowest BCUT2D eigenvalue weighted by Gasteiger charge is -2.29. The fourth-order valence-electron chi connectivity index (χ4n) is 3.67. The van der Waals surface area contributed by atoms with Gasteiger partial charge in [-0.3, -0.25) is 9.97 Å². The normalized spacial score (nSPS) is 19.0. The first-order chi connectivity index (χ1) is 13.8. The van der Waals surface area contributed by atoms with Gasteiger partial charge in [0.1, 0.15) is 0 Å². The summed E-state index contributed by atoms with van der Waals surface area (Å²) in [4.78, 5) is 11.1. The average molecular weight is 394 g/mol. The molecule has 0 spiro atoms. The first-order valence-corrected chi connectivity index (χ1v) is 9.69. The topological polar surface area (TPSA) is 55.2 Å². The van der Waals surface area contributed by atoms with Crippen LogP contribution in [0.15, 0.2) is 67.3 Å². The third kappa shape index (κ3) is 3.76. The Balaban J connectivity index is 1.72. The van der Waals surface area contributed by atoms with E-state index in [1.807, 2.05) is 36.7 Å². The van der Waals surface area contributed by atoms with Gasteiger partial charge in [0.25, 0.3) is 0 Å². The van der Waals surface area contributed by atoms with Crippen LogP contribution in [0.1, 0.15) is 29.0 Å². The number of hydrogen-bond acceptors (Lipinski definition) is 4. The summed E-state index contributed by atoms with van der Waals surface area (Å²) in [5, 5.41) is 4.22. The van der Waals surface area contributed by atoms with Crippen molar-refractivity contribution in [3.63, 3.8) is 0 Å². The van der Waals surface area contributed by atoms with E-state index in [9.17, 15) is 0 Å². The Bertz CT molecular complexity index is 915. The zero-order valence-corrected chi connectivity index (χ0v) is 16.5. The van der Waals surface area contributed by atoms with Crippen molar-refractivity contribution in [2.24, 2.45) is 0 Å². The molecule has 0 amide bonds. The molecule has 1 N–H and O–H groups in total. The van der Waals surface area contributed by atoms with E-state index in [0.717, 1.165) is 22.9 Å². The second-order valence-corrected chi connectivity index (χ2v) is 7.12. The third-order valence-electron chi connectivity index (χ3n) is 4.98. The molecule has 144 valence electrons. The maximum absolute atomic E-state index is 5.73. The molecule has 1 saturated heterocycles. The van der Waals surface area contributed by atoms with Crippen molar-refractivity contribution < 1.29 is 4.74 Å². The molecular formula is C21H23N5OS. The predicted molar refractivity (Wildman–Crippen MR) is 112 cm³/mol. The van der Waals surface area contributed by atoms with Crippen LogP contribution in [0.25, 0.3) is 0 Å². The van der Waals surface area contributed by atoms with Gasteiger partial charge in [0.15, 0.2) is 5.11 Å². The number of nitrogens with zero attached hydrogens (tertiary/aromatic N) is 4. The number of rotatable bonds is 7. The highest BCUT2D eigenvalue weighted by atomic mass is 32.1. The summed E-state index contributed by atoms with van der Waals surface area (Å²) >= 11 is 5.73. The molecule has 4 rings (SSSR count). The van der Waals surface area contributed by atoms with Crippen molar-refractivity contribution in [2.45, 2.75) is 25.2 Å². The van der Waals surface area contributed by atoms with Gasteiger partial charge in [-0.15, -0.1) is 0 Å². The van der Waals surface area contributed by atoms with Gasteiger partial charge in [0.05, 0.1) is 24.4 Å². The van der Waals surface area contributed by atoms with Crippen molar-refractivity contribution >= 4 is 17.3 Å². The number of thiocarbonyl (C=S) groups is 1. The van der Waals surface area contributed by atoms with E-state index in [1.165, 1.54) is 5.69 Å². The molecule has 2 atom stereocenters. The van der Waals surface area contributed by atoms with Crippen LogP contribution in [0.4, 0.5) is 0 Å².